The lowest BCUT2D eigenvalue weighted by Gasteiger charge is -2.10. The van der Waals surface area contributed by atoms with Gasteiger partial charge in [-0.3, -0.25) is 0 Å². The molecule has 1 unspecified atom stereocenters. The summed E-state index contributed by atoms with van der Waals surface area (Å²) in [5, 5.41) is 0. The molecule has 0 saturated carbocycles. The maximum atomic E-state index is 11.0. The lowest BCUT2D eigenvalue weighted by Crippen LogP contribution is -2.29. The van der Waals surface area contributed by atoms with Crippen molar-refractivity contribution in [1.29, 1.82) is 0 Å². The molecule has 0 aliphatic rings. The van der Waals surface area contributed by atoms with Crippen molar-refractivity contribution in [2.45, 2.75) is 18.9 Å². The van der Waals surface area contributed by atoms with Crippen molar-refractivity contribution in [1.82, 2.24) is 0 Å². The quantitative estimate of drug-likeness (QED) is 0.825. The van der Waals surface area contributed by atoms with Crippen LogP contribution in [0.15, 0.2) is 24.3 Å². The molecule has 0 amide bonds. The van der Waals surface area contributed by atoms with Gasteiger partial charge in [0.25, 0.3) is 0 Å². The summed E-state index contributed by atoms with van der Waals surface area (Å²) >= 11 is 0. The highest BCUT2D eigenvalue weighted by Crippen LogP contribution is 2.13. The molecule has 0 bridgehead atoms. The highest BCUT2D eigenvalue weighted by molar-refractivity contribution is 7.90. The molecule has 0 heterocycles. The van der Waals surface area contributed by atoms with Crippen LogP contribution in [0.3, 0.4) is 0 Å². The van der Waals surface area contributed by atoms with E-state index in [1.807, 2.05) is 24.3 Å². The maximum absolute atomic E-state index is 11.0. The van der Waals surface area contributed by atoms with Gasteiger partial charge in [-0.2, -0.15) is 0 Å². The third kappa shape index (κ3) is 5.70. The molecule has 1 aromatic rings. The third-order valence-electron chi connectivity index (χ3n) is 2.48. The monoisotopic (exact) mass is 257 g/mol. The van der Waals surface area contributed by atoms with Crippen molar-refractivity contribution in [2.75, 3.05) is 19.1 Å². The molecule has 2 N–H and O–H groups in total. The predicted octanol–water partition coefficient (Wildman–Crippen LogP) is 1.000. The smallest absolute Gasteiger partial charge is 0.148 e. The average molecular weight is 257 g/mol. The molecule has 0 aliphatic carbocycles. The van der Waals surface area contributed by atoms with Gasteiger partial charge >= 0.3 is 0 Å². The SMILES string of the molecule is COc1ccc(CCC(N)CS(C)(=O)=O)cc1. The molecule has 0 fully saturated rings. The van der Waals surface area contributed by atoms with E-state index in [9.17, 15) is 8.42 Å². The molecule has 0 radical (unpaired) electrons. The minimum atomic E-state index is -2.98. The first-order chi connectivity index (χ1) is 7.90. The van der Waals surface area contributed by atoms with E-state index in [4.69, 9.17) is 10.5 Å². The number of hydrogen-bond acceptors (Lipinski definition) is 4. The van der Waals surface area contributed by atoms with Crippen molar-refractivity contribution < 1.29 is 13.2 Å². The summed E-state index contributed by atoms with van der Waals surface area (Å²) in [6.07, 6.45) is 2.65. The topological polar surface area (TPSA) is 69.4 Å². The lowest BCUT2D eigenvalue weighted by molar-refractivity contribution is 0.414. The average Bonchev–Trinajstić information content (AvgIpc) is 2.25. The van der Waals surface area contributed by atoms with Gasteiger partial charge in [0.15, 0.2) is 0 Å². The van der Waals surface area contributed by atoms with E-state index < -0.39 is 9.84 Å². The molecule has 0 aliphatic heterocycles. The zero-order chi connectivity index (χ0) is 12.9. The summed E-state index contributed by atoms with van der Waals surface area (Å²) in [7, 11) is -1.36. The van der Waals surface area contributed by atoms with Crippen molar-refractivity contribution in [3.63, 3.8) is 0 Å². The highest BCUT2D eigenvalue weighted by atomic mass is 32.2. The van der Waals surface area contributed by atoms with Crippen molar-refractivity contribution >= 4 is 9.84 Å². The summed E-state index contributed by atoms with van der Waals surface area (Å²) < 4.78 is 27.1. The molecule has 4 nitrogen and oxygen atoms in total. The number of hydrogen-bond donors (Lipinski definition) is 1. The van der Waals surface area contributed by atoms with Gasteiger partial charge in [0, 0.05) is 12.3 Å². The molecule has 1 rings (SSSR count). The second kappa shape index (κ2) is 6.02. The van der Waals surface area contributed by atoms with Gasteiger partial charge in [0.2, 0.25) is 0 Å². The van der Waals surface area contributed by atoms with Crippen LogP contribution in [0, 0.1) is 0 Å². The number of nitrogens with two attached hydrogens (primary N) is 1. The Labute approximate surface area is 103 Å². The Morgan fingerprint density at radius 2 is 1.88 bits per heavy atom. The summed E-state index contributed by atoms with van der Waals surface area (Å²) in [5.74, 6) is 0.859. The largest absolute Gasteiger partial charge is 0.497 e. The van der Waals surface area contributed by atoms with Crippen LogP contribution in [0.1, 0.15) is 12.0 Å². The van der Waals surface area contributed by atoms with Gasteiger partial charge in [-0.15, -0.1) is 0 Å². The van der Waals surface area contributed by atoms with E-state index in [-0.39, 0.29) is 11.8 Å². The van der Waals surface area contributed by atoms with Gasteiger partial charge in [0.1, 0.15) is 15.6 Å². The van der Waals surface area contributed by atoms with Crippen molar-refractivity contribution in [3.8, 4) is 5.75 Å². The second-order valence-corrected chi connectivity index (χ2v) is 6.42. The second-order valence-electron chi connectivity index (χ2n) is 4.24. The van der Waals surface area contributed by atoms with Crippen LogP contribution >= 0.6 is 0 Å². The number of rotatable bonds is 6. The maximum Gasteiger partial charge on any atom is 0.148 e. The first kappa shape index (κ1) is 14.0. The predicted molar refractivity (Wildman–Crippen MR) is 69.0 cm³/mol. The summed E-state index contributed by atoms with van der Waals surface area (Å²) in [4.78, 5) is 0. The van der Waals surface area contributed by atoms with Crippen LogP contribution in [-0.2, 0) is 16.3 Å². The van der Waals surface area contributed by atoms with Gasteiger partial charge in [-0.1, -0.05) is 12.1 Å². The molecular formula is C12H19NO3S. The normalized spacial score (nSPS) is 13.4. The number of aryl methyl sites for hydroxylation is 1. The number of methoxy groups -OCH3 is 1. The molecule has 1 atom stereocenters. The van der Waals surface area contributed by atoms with Crippen LogP contribution < -0.4 is 10.5 Å². The zero-order valence-electron chi connectivity index (χ0n) is 10.2. The van der Waals surface area contributed by atoms with Crippen LogP contribution in [0.5, 0.6) is 5.75 Å². The molecule has 5 heteroatoms. The lowest BCUT2D eigenvalue weighted by atomic mass is 10.1. The van der Waals surface area contributed by atoms with Gasteiger partial charge < -0.3 is 10.5 Å². The number of sulfone groups is 1. The van der Waals surface area contributed by atoms with Gasteiger partial charge in [0.05, 0.1) is 12.9 Å². The Bertz CT molecular complexity index is 439. The Hall–Kier alpha value is -1.07. The molecular weight excluding hydrogens is 238 g/mol. The van der Waals surface area contributed by atoms with E-state index in [1.54, 1.807) is 7.11 Å². The Morgan fingerprint density at radius 1 is 1.29 bits per heavy atom. The molecule has 0 aromatic heterocycles. The van der Waals surface area contributed by atoms with E-state index >= 15 is 0 Å². The summed E-state index contributed by atoms with van der Waals surface area (Å²) in [6.45, 7) is 0. The van der Waals surface area contributed by atoms with Crippen LogP contribution in [0.4, 0.5) is 0 Å². The standard InChI is InChI=1S/C12H19NO3S/c1-16-12-7-4-10(5-8-12)3-6-11(13)9-17(2,14)15/h4-5,7-8,11H,3,6,9,13H2,1-2H3. The number of benzene rings is 1. The van der Waals surface area contributed by atoms with Crippen LogP contribution in [0.25, 0.3) is 0 Å². The molecule has 96 valence electrons. The first-order valence-corrected chi connectivity index (χ1v) is 7.53. The van der Waals surface area contributed by atoms with E-state index in [0.29, 0.717) is 6.42 Å². The molecule has 1 aromatic carbocycles. The fraction of sp³-hybridized carbons (Fsp3) is 0.500. The number of ether oxygens (including phenoxy) is 1. The van der Waals surface area contributed by atoms with E-state index in [0.717, 1.165) is 17.7 Å². The zero-order valence-corrected chi connectivity index (χ0v) is 11.0. The van der Waals surface area contributed by atoms with Crippen LogP contribution in [0.2, 0.25) is 0 Å². The Balaban J connectivity index is 2.44. The van der Waals surface area contributed by atoms with Gasteiger partial charge in [-0.05, 0) is 30.5 Å². The third-order valence-corrected chi connectivity index (χ3v) is 3.51. The minimum Gasteiger partial charge on any atom is -0.497 e. The summed E-state index contributed by atoms with van der Waals surface area (Å²) in [5.41, 5.74) is 6.89. The first-order valence-electron chi connectivity index (χ1n) is 5.47. The Kier molecular flexibility index (Phi) is 4.96. The Morgan fingerprint density at radius 3 is 2.35 bits per heavy atom. The van der Waals surface area contributed by atoms with E-state index in [2.05, 4.69) is 0 Å². The fourth-order valence-corrected chi connectivity index (χ4v) is 2.56. The van der Waals surface area contributed by atoms with Crippen molar-refractivity contribution in [3.05, 3.63) is 29.8 Å². The van der Waals surface area contributed by atoms with E-state index in [1.165, 1.54) is 6.26 Å². The molecule has 17 heavy (non-hydrogen) atoms. The molecule has 0 saturated heterocycles. The molecule has 0 spiro atoms. The minimum absolute atomic E-state index is 0.0448. The highest BCUT2D eigenvalue weighted by Gasteiger charge is 2.10. The van der Waals surface area contributed by atoms with Crippen LogP contribution in [-0.4, -0.2) is 33.6 Å². The van der Waals surface area contributed by atoms with Gasteiger partial charge in [-0.25, -0.2) is 8.42 Å². The fourth-order valence-electron chi connectivity index (χ4n) is 1.62. The summed E-state index contributed by atoms with van der Waals surface area (Å²) in [6, 6.07) is 7.40. The van der Waals surface area contributed by atoms with Crippen molar-refractivity contribution in [2.24, 2.45) is 5.73 Å².